The Morgan fingerprint density at radius 3 is 2.66 bits per heavy atom. The van der Waals surface area contributed by atoms with Crippen molar-refractivity contribution in [1.82, 2.24) is 15.4 Å². The van der Waals surface area contributed by atoms with Crippen molar-refractivity contribution < 1.29 is 31.6 Å². The van der Waals surface area contributed by atoms with Gasteiger partial charge in [0.15, 0.2) is 0 Å². The lowest BCUT2D eigenvalue weighted by molar-refractivity contribution is 0.0990. The summed E-state index contributed by atoms with van der Waals surface area (Å²) in [6.45, 7) is 1.42. The highest BCUT2D eigenvalue weighted by atomic mass is 19.3. The number of rotatable bonds is 11. The highest BCUT2D eigenvalue weighted by Crippen LogP contribution is 2.22. The molecule has 0 aliphatic carbocycles. The summed E-state index contributed by atoms with van der Waals surface area (Å²) in [5, 5.41) is 8.82. The second kappa shape index (κ2) is 12.3. The van der Waals surface area contributed by atoms with Gasteiger partial charge in [-0.05, 0) is 43.3 Å². The van der Waals surface area contributed by atoms with Gasteiger partial charge >= 0.3 is 6.09 Å². The summed E-state index contributed by atoms with van der Waals surface area (Å²) < 4.78 is 62.8. The van der Waals surface area contributed by atoms with Crippen LogP contribution in [0.4, 0.5) is 28.2 Å². The molecular weight excluding hydrogens is 468 g/mol. The fourth-order valence-electron chi connectivity index (χ4n) is 3.35. The second-order valence-electron chi connectivity index (χ2n) is 7.95. The number of hydrogen-bond donors (Lipinski definition) is 2. The molecule has 0 spiro atoms. The topological polar surface area (TPSA) is 79.6 Å². The summed E-state index contributed by atoms with van der Waals surface area (Å²) in [6, 6.07) is 11.4. The Labute approximate surface area is 200 Å². The minimum atomic E-state index is -2.53. The van der Waals surface area contributed by atoms with Gasteiger partial charge in [-0.3, -0.25) is 10.2 Å². The number of benzene rings is 2. The fraction of sp³-hybridized carbons (Fsp3) is 0.333. The van der Waals surface area contributed by atoms with Crippen molar-refractivity contribution in [3.63, 3.8) is 0 Å². The number of amides is 1. The molecule has 35 heavy (non-hydrogen) atoms. The lowest BCUT2D eigenvalue weighted by Crippen LogP contribution is -2.44. The van der Waals surface area contributed by atoms with Gasteiger partial charge in [-0.25, -0.2) is 22.4 Å². The van der Waals surface area contributed by atoms with E-state index < -0.39 is 30.9 Å². The minimum Gasteiger partial charge on any atom is -0.448 e. The quantitative estimate of drug-likeness (QED) is 0.372. The molecule has 1 aromatic heterocycles. The third kappa shape index (κ3) is 7.79. The smallest absolute Gasteiger partial charge is 0.414 e. The molecule has 1 heterocycles. The molecule has 0 radical (unpaired) electrons. The number of nitrogens with one attached hydrogen (secondary N) is 2. The maximum atomic E-state index is 13.9. The van der Waals surface area contributed by atoms with Gasteiger partial charge in [0, 0.05) is 24.7 Å². The molecule has 0 saturated heterocycles. The van der Waals surface area contributed by atoms with E-state index in [2.05, 4.69) is 15.8 Å². The van der Waals surface area contributed by atoms with Gasteiger partial charge in [-0.15, -0.1) is 0 Å². The monoisotopic (exact) mass is 494 g/mol. The maximum Gasteiger partial charge on any atom is 0.414 e. The molecule has 0 fully saturated rings. The molecular formula is C24H26F4N4O3. The Hall–Kier alpha value is -3.44. The Bertz CT molecular complexity index is 1130. The number of nitrogens with zero attached hydrogens (tertiary/aromatic N) is 2. The third-order valence-electron chi connectivity index (χ3n) is 5.36. The number of ether oxygens (including phenoxy) is 1. The van der Waals surface area contributed by atoms with Crippen LogP contribution in [0.15, 0.2) is 53.1 Å². The average molecular weight is 494 g/mol. The first-order valence-corrected chi connectivity index (χ1v) is 10.8. The van der Waals surface area contributed by atoms with Crippen LogP contribution in [0.2, 0.25) is 0 Å². The SMILES string of the molecule is Cc1c(F)cccc1CN(C)[C@@H](CNCC(F)F)COC(=O)Nc1cc(-c2cccc(F)c2)no1. The van der Waals surface area contributed by atoms with E-state index in [0.29, 0.717) is 23.4 Å². The van der Waals surface area contributed by atoms with Crippen molar-refractivity contribution in [2.24, 2.45) is 0 Å². The molecule has 1 amide bonds. The van der Waals surface area contributed by atoms with Gasteiger partial charge in [0.1, 0.15) is 23.9 Å². The van der Waals surface area contributed by atoms with Crippen molar-refractivity contribution in [3.05, 3.63) is 71.3 Å². The first kappa shape index (κ1) is 26.2. The zero-order valence-electron chi connectivity index (χ0n) is 19.2. The van der Waals surface area contributed by atoms with Crippen LogP contribution in [0.25, 0.3) is 11.3 Å². The molecule has 0 unspecified atom stereocenters. The summed E-state index contributed by atoms with van der Waals surface area (Å²) in [5.41, 5.74) is 1.99. The van der Waals surface area contributed by atoms with Crippen LogP contribution in [0.3, 0.4) is 0 Å². The van der Waals surface area contributed by atoms with Crippen molar-refractivity contribution in [2.45, 2.75) is 25.9 Å². The normalized spacial score (nSPS) is 12.2. The molecule has 11 heteroatoms. The zero-order chi connectivity index (χ0) is 25.4. The van der Waals surface area contributed by atoms with Gasteiger partial charge in [-0.1, -0.05) is 29.4 Å². The van der Waals surface area contributed by atoms with E-state index >= 15 is 0 Å². The highest BCUT2D eigenvalue weighted by molar-refractivity contribution is 5.83. The van der Waals surface area contributed by atoms with Crippen molar-refractivity contribution in [3.8, 4) is 11.3 Å². The highest BCUT2D eigenvalue weighted by Gasteiger charge is 2.20. The summed E-state index contributed by atoms with van der Waals surface area (Å²) >= 11 is 0. The van der Waals surface area contributed by atoms with Crippen molar-refractivity contribution >= 4 is 12.0 Å². The Morgan fingerprint density at radius 2 is 1.91 bits per heavy atom. The number of halogens is 4. The van der Waals surface area contributed by atoms with Gasteiger partial charge in [0.25, 0.3) is 6.43 Å². The van der Waals surface area contributed by atoms with Crippen LogP contribution in [-0.2, 0) is 11.3 Å². The summed E-state index contributed by atoms with van der Waals surface area (Å²) in [7, 11) is 1.72. The first-order chi connectivity index (χ1) is 16.7. The number of hydrogen-bond acceptors (Lipinski definition) is 6. The molecule has 0 aliphatic heterocycles. The Balaban J connectivity index is 1.59. The molecule has 188 valence electrons. The maximum absolute atomic E-state index is 13.9. The molecule has 1 atom stereocenters. The third-order valence-corrected chi connectivity index (χ3v) is 5.36. The van der Waals surface area contributed by atoms with Crippen LogP contribution >= 0.6 is 0 Å². The molecule has 0 aliphatic rings. The van der Waals surface area contributed by atoms with E-state index in [0.717, 1.165) is 5.56 Å². The predicted molar refractivity (Wildman–Crippen MR) is 122 cm³/mol. The van der Waals surface area contributed by atoms with Crippen molar-refractivity contribution in [1.29, 1.82) is 0 Å². The minimum absolute atomic E-state index is 0.00891. The zero-order valence-corrected chi connectivity index (χ0v) is 19.2. The van der Waals surface area contributed by atoms with Crippen LogP contribution in [-0.4, -0.2) is 55.4 Å². The Kier molecular flexibility index (Phi) is 9.21. The van der Waals surface area contributed by atoms with E-state index in [4.69, 9.17) is 9.26 Å². The van der Waals surface area contributed by atoms with E-state index in [1.54, 1.807) is 37.1 Å². The Morgan fingerprint density at radius 1 is 1.14 bits per heavy atom. The number of likely N-dealkylation sites (N-methyl/N-ethyl adjacent to an activating group) is 1. The average Bonchev–Trinajstić information content (AvgIpc) is 3.27. The molecule has 0 bridgehead atoms. The molecule has 7 nitrogen and oxygen atoms in total. The van der Waals surface area contributed by atoms with E-state index in [1.807, 2.05) is 0 Å². The largest absolute Gasteiger partial charge is 0.448 e. The number of carbonyl (C=O) groups is 1. The lowest BCUT2D eigenvalue weighted by Gasteiger charge is -2.28. The molecule has 0 saturated carbocycles. The molecule has 3 rings (SSSR count). The van der Waals surface area contributed by atoms with Gasteiger partial charge in [0.05, 0.1) is 12.6 Å². The summed E-state index contributed by atoms with van der Waals surface area (Å²) in [4.78, 5) is 14.1. The number of alkyl halides is 2. The second-order valence-corrected chi connectivity index (χ2v) is 7.95. The van der Waals surface area contributed by atoms with E-state index in [-0.39, 0.29) is 24.9 Å². The van der Waals surface area contributed by atoms with E-state index in [1.165, 1.54) is 30.3 Å². The molecule has 2 N–H and O–H groups in total. The summed E-state index contributed by atoms with van der Waals surface area (Å²) in [6.07, 6.45) is -3.38. The number of aromatic nitrogens is 1. The summed E-state index contributed by atoms with van der Waals surface area (Å²) in [5.74, 6) is -0.794. The van der Waals surface area contributed by atoms with Gasteiger partial charge in [-0.2, -0.15) is 0 Å². The van der Waals surface area contributed by atoms with Gasteiger partial charge < -0.3 is 14.6 Å². The predicted octanol–water partition coefficient (Wildman–Crippen LogP) is 4.83. The lowest BCUT2D eigenvalue weighted by atomic mass is 10.1. The number of anilines is 1. The van der Waals surface area contributed by atoms with Crippen molar-refractivity contribution in [2.75, 3.05) is 32.1 Å². The van der Waals surface area contributed by atoms with Crippen LogP contribution in [0.1, 0.15) is 11.1 Å². The number of carbonyl (C=O) groups excluding carboxylic acids is 1. The van der Waals surface area contributed by atoms with Crippen LogP contribution in [0.5, 0.6) is 0 Å². The first-order valence-electron chi connectivity index (χ1n) is 10.8. The molecule has 2 aromatic carbocycles. The van der Waals surface area contributed by atoms with Gasteiger partial charge in [0.2, 0.25) is 5.88 Å². The van der Waals surface area contributed by atoms with Crippen LogP contribution in [0, 0.1) is 18.6 Å². The van der Waals surface area contributed by atoms with E-state index in [9.17, 15) is 22.4 Å². The standard InChI is InChI=1S/C24H26F4N4O3/c1-15-17(6-4-8-20(15)26)13-32(2)19(11-29-12-22(27)28)14-34-24(33)30-23-10-21(31-35-23)16-5-3-7-18(25)9-16/h3-10,19,22,29H,11-14H2,1-2H3,(H,30,33)/t19-/m0/s1. The molecule has 3 aromatic rings. The van der Waals surface area contributed by atoms with Crippen LogP contribution < -0.4 is 10.6 Å². The fourth-order valence-corrected chi connectivity index (χ4v) is 3.35.